The molecule has 1 saturated heterocycles. The maximum absolute atomic E-state index is 13.0. The van der Waals surface area contributed by atoms with Gasteiger partial charge in [0.15, 0.2) is 0 Å². The fourth-order valence-electron chi connectivity index (χ4n) is 2.71. The molecule has 3 rings (SSSR count). The van der Waals surface area contributed by atoms with Crippen molar-refractivity contribution in [3.8, 4) is 0 Å². The monoisotopic (exact) mass is 416 g/mol. The van der Waals surface area contributed by atoms with E-state index in [2.05, 4.69) is 5.32 Å². The van der Waals surface area contributed by atoms with E-state index in [9.17, 15) is 23.2 Å². The third-order valence-electron chi connectivity index (χ3n) is 4.25. The Morgan fingerprint density at radius 2 is 1.62 bits per heavy atom. The molecule has 3 amide bonds. The number of thioether (sulfide) groups is 1. The molecule has 1 heterocycles. The summed E-state index contributed by atoms with van der Waals surface area (Å²) in [7, 11) is 0. The second kappa shape index (κ2) is 9.47. The number of aryl methyl sites for hydroxylation is 1. The van der Waals surface area contributed by atoms with E-state index in [0.29, 0.717) is 12.0 Å². The van der Waals surface area contributed by atoms with Crippen molar-refractivity contribution in [2.75, 3.05) is 13.1 Å². The van der Waals surface area contributed by atoms with Crippen LogP contribution < -0.4 is 5.32 Å². The van der Waals surface area contributed by atoms with Gasteiger partial charge in [-0.15, -0.1) is 0 Å². The summed E-state index contributed by atoms with van der Waals surface area (Å²) >= 11 is 0.810. The number of hydrogen-bond donors (Lipinski definition) is 1. The predicted molar refractivity (Wildman–Crippen MR) is 107 cm³/mol. The number of hydrogen-bond acceptors (Lipinski definition) is 4. The van der Waals surface area contributed by atoms with E-state index in [4.69, 9.17) is 0 Å². The van der Waals surface area contributed by atoms with E-state index in [1.54, 1.807) is 12.1 Å². The Bertz CT molecular complexity index is 943. The topological polar surface area (TPSA) is 66.5 Å². The molecular weight excluding hydrogens is 398 g/mol. The molecule has 1 fully saturated rings. The molecule has 150 valence electrons. The molecule has 1 N–H and O–H groups in total. The highest BCUT2D eigenvalue weighted by atomic mass is 32.2. The van der Waals surface area contributed by atoms with E-state index >= 15 is 0 Å². The predicted octanol–water partition coefficient (Wildman–Crippen LogP) is 3.75. The van der Waals surface area contributed by atoms with Crippen LogP contribution in [0.4, 0.5) is 13.6 Å². The van der Waals surface area contributed by atoms with Crippen LogP contribution in [0.1, 0.15) is 17.5 Å². The summed E-state index contributed by atoms with van der Waals surface area (Å²) in [5.74, 6) is -1.37. The minimum absolute atomic E-state index is 0.0632. The van der Waals surface area contributed by atoms with Crippen LogP contribution in [0.2, 0.25) is 0 Å². The summed E-state index contributed by atoms with van der Waals surface area (Å²) in [6, 6.07) is 11.5. The van der Waals surface area contributed by atoms with Crippen LogP contribution in [0.25, 0.3) is 6.08 Å². The SMILES string of the molecule is O=C(CCc1ccc(F)cc1)NCCN1C(=O)S/C(=C/c2ccc(F)cc2)C1=O. The number of carbonyl (C=O) groups is 3. The molecule has 5 nitrogen and oxygen atoms in total. The van der Waals surface area contributed by atoms with Gasteiger partial charge in [0.05, 0.1) is 4.91 Å². The van der Waals surface area contributed by atoms with Crippen molar-refractivity contribution in [3.63, 3.8) is 0 Å². The number of halogens is 2. The molecule has 8 heteroatoms. The molecule has 0 bridgehead atoms. The Morgan fingerprint density at radius 1 is 1.00 bits per heavy atom. The van der Waals surface area contributed by atoms with Crippen molar-refractivity contribution in [2.24, 2.45) is 0 Å². The molecular formula is C21H18F2N2O3S. The molecule has 1 aliphatic rings. The van der Waals surface area contributed by atoms with Gasteiger partial charge in [0.1, 0.15) is 11.6 Å². The number of carbonyl (C=O) groups excluding carboxylic acids is 3. The molecule has 2 aromatic rings. The first-order chi connectivity index (χ1) is 13.9. The Kier molecular flexibility index (Phi) is 6.77. The average Bonchev–Trinajstić information content (AvgIpc) is 2.96. The Balaban J connectivity index is 1.47. The first kappa shape index (κ1) is 20.7. The third kappa shape index (κ3) is 5.74. The second-order valence-corrected chi connectivity index (χ2v) is 7.35. The summed E-state index contributed by atoms with van der Waals surface area (Å²) in [4.78, 5) is 37.7. The number of rotatable bonds is 7. The van der Waals surface area contributed by atoms with Gasteiger partial charge in [0.25, 0.3) is 11.1 Å². The Hall–Kier alpha value is -3.00. The first-order valence-electron chi connectivity index (χ1n) is 8.94. The molecule has 0 aromatic heterocycles. The van der Waals surface area contributed by atoms with Gasteiger partial charge in [-0.1, -0.05) is 24.3 Å². The highest BCUT2D eigenvalue weighted by Gasteiger charge is 2.34. The molecule has 0 radical (unpaired) electrons. The van der Waals surface area contributed by atoms with Crippen LogP contribution in [0.5, 0.6) is 0 Å². The van der Waals surface area contributed by atoms with Crippen molar-refractivity contribution in [1.29, 1.82) is 0 Å². The maximum Gasteiger partial charge on any atom is 0.293 e. The lowest BCUT2D eigenvalue weighted by Gasteiger charge is -2.13. The van der Waals surface area contributed by atoms with Gasteiger partial charge in [-0.05, 0) is 59.7 Å². The number of nitrogens with zero attached hydrogens (tertiary/aromatic N) is 1. The molecule has 0 atom stereocenters. The van der Waals surface area contributed by atoms with Crippen LogP contribution in [0, 0.1) is 11.6 Å². The van der Waals surface area contributed by atoms with Crippen LogP contribution in [0.15, 0.2) is 53.4 Å². The van der Waals surface area contributed by atoms with Gasteiger partial charge in [-0.25, -0.2) is 8.78 Å². The van der Waals surface area contributed by atoms with Gasteiger partial charge in [0.2, 0.25) is 5.91 Å². The molecule has 29 heavy (non-hydrogen) atoms. The Morgan fingerprint density at radius 3 is 2.28 bits per heavy atom. The van der Waals surface area contributed by atoms with Crippen molar-refractivity contribution in [3.05, 3.63) is 76.2 Å². The fourth-order valence-corrected chi connectivity index (χ4v) is 3.57. The largest absolute Gasteiger partial charge is 0.354 e. The molecule has 0 saturated carbocycles. The van der Waals surface area contributed by atoms with Crippen LogP contribution >= 0.6 is 11.8 Å². The van der Waals surface area contributed by atoms with Crippen LogP contribution in [-0.4, -0.2) is 35.0 Å². The minimum atomic E-state index is -0.440. The van der Waals surface area contributed by atoms with Gasteiger partial charge in [-0.2, -0.15) is 0 Å². The van der Waals surface area contributed by atoms with E-state index in [-0.39, 0.29) is 42.0 Å². The summed E-state index contributed by atoms with van der Waals surface area (Å²) in [6.07, 6.45) is 2.22. The summed E-state index contributed by atoms with van der Waals surface area (Å²) in [5, 5.41) is 2.26. The van der Waals surface area contributed by atoms with Gasteiger partial charge in [0, 0.05) is 19.5 Å². The second-order valence-electron chi connectivity index (χ2n) is 6.36. The van der Waals surface area contributed by atoms with E-state index in [0.717, 1.165) is 22.2 Å². The zero-order chi connectivity index (χ0) is 20.8. The van der Waals surface area contributed by atoms with E-state index in [1.165, 1.54) is 42.5 Å². The quantitative estimate of drug-likeness (QED) is 0.698. The zero-order valence-corrected chi connectivity index (χ0v) is 16.2. The fraction of sp³-hybridized carbons (Fsp3) is 0.190. The summed E-state index contributed by atoms with van der Waals surface area (Å²) in [6.45, 7) is 0.206. The molecule has 2 aromatic carbocycles. The third-order valence-corrected chi connectivity index (χ3v) is 5.16. The lowest BCUT2D eigenvalue weighted by Crippen LogP contribution is -2.37. The smallest absolute Gasteiger partial charge is 0.293 e. The standard InChI is InChI=1S/C21H18F2N2O3S/c22-16-6-1-14(2-7-16)5-10-19(26)24-11-12-25-20(27)18(29-21(25)28)13-15-3-8-17(23)9-4-15/h1-4,6-9,13H,5,10-12H2,(H,24,26)/b18-13+. The highest BCUT2D eigenvalue weighted by molar-refractivity contribution is 8.18. The van der Waals surface area contributed by atoms with Gasteiger partial charge < -0.3 is 5.32 Å². The van der Waals surface area contributed by atoms with Crippen molar-refractivity contribution >= 4 is 34.9 Å². The lowest BCUT2D eigenvalue weighted by atomic mass is 10.1. The van der Waals surface area contributed by atoms with Crippen LogP contribution in [-0.2, 0) is 16.0 Å². The number of imide groups is 1. The Labute approximate surface area is 170 Å². The van der Waals surface area contributed by atoms with Gasteiger partial charge in [-0.3, -0.25) is 19.3 Å². The zero-order valence-electron chi connectivity index (χ0n) is 15.4. The first-order valence-corrected chi connectivity index (χ1v) is 9.76. The number of nitrogens with one attached hydrogen (secondary N) is 1. The molecule has 1 aliphatic heterocycles. The van der Waals surface area contributed by atoms with Crippen molar-refractivity contribution < 1.29 is 23.2 Å². The summed E-state index contributed by atoms with van der Waals surface area (Å²) in [5.41, 5.74) is 1.46. The van der Waals surface area contributed by atoms with E-state index < -0.39 is 11.1 Å². The normalized spacial score (nSPS) is 15.2. The summed E-state index contributed by atoms with van der Waals surface area (Å²) < 4.78 is 25.8. The van der Waals surface area contributed by atoms with Crippen LogP contribution in [0.3, 0.4) is 0 Å². The van der Waals surface area contributed by atoms with Crippen molar-refractivity contribution in [1.82, 2.24) is 10.2 Å². The maximum atomic E-state index is 13.0. The average molecular weight is 416 g/mol. The number of benzene rings is 2. The van der Waals surface area contributed by atoms with E-state index in [1.807, 2.05) is 0 Å². The lowest BCUT2D eigenvalue weighted by molar-refractivity contribution is -0.124. The molecule has 0 aliphatic carbocycles. The highest BCUT2D eigenvalue weighted by Crippen LogP contribution is 2.31. The molecule has 0 spiro atoms. The minimum Gasteiger partial charge on any atom is -0.354 e. The van der Waals surface area contributed by atoms with Crippen molar-refractivity contribution in [2.45, 2.75) is 12.8 Å². The molecule has 0 unspecified atom stereocenters. The number of amides is 3. The van der Waals surface area contributed by atoms with Gasteiger partial charge >= 0.3 is 0 Å².